The number of sulfonamides is 1. The third kappa shape index (κ3) is 3.19. The molecule has 2 rings (SSSR count). The second-order valence-electron chi connectivity index (χ2n) is 5.08. The Balaban J connectivity index is 2.13. The smallest absolute Gasteiger partial charge is 0.243 e. The van der Waals surface area contributed by atoms with Crippen molar-refractivity contribution in [3.8, 4) is 0 Å². The van der Waals surface area contributed by atoms with E-state index in [2.05, 4.69) is 0 Å². The van der Waals surface area contributed by atoms with Crippen LogP contribution in [-0.4, -0.2) is 30.8 Å². The van der Waals surface area contributed by atoms with E-state index in [1.54, 1.807) is 12.1 Å². The van der Waals surface area contributed by atoms with E-state index in [0.29, 0.717) is 35.8 Å². The van der Waals surface area contributed by atoms with Crippen molar-refractivity contribution in [2.45, 2.75) is 31.1 Å². The SMILES string of the molecule is CCc1ccc(S(=O)(=O)N2CCC(C(N)=S)CC2)cc1. The fourth-order valence-corrected chi connectivity index (χ4v) is 4.13. The van der Waals surface area contributed by atoms with Gasteiger partial charge in [0, 0.05) is 19.0 Å². The van der Waals surface area contributed by atoms with Crippen molar-refractivity contribution in [1.29, 1.82) is 0 Å². The molecule has 6 heteroatoms. The van der Waals surface area contributed by atoms with Crippen LogP contribution < -0.4 is 5.73 Å². The zero-order valence-corrected chi connectivity index (χ0v) is 13.2. The molecular formula is C14H20N2O2S2. The summed E-state index contributed by atoms with van der Waals surface area (Å²) in [6.07, 6.45) is 2.32. The lowest BCUT2D eigenvalue weighted by molar-refractivity contribution is 0.316. The molecule has 0 radical (unpaired) electrons. The minimum atomic E-state index is -3.39. The van der Waals surface area contributed by atoms with E-state index in [4.69, 9.17) is 18.0 Å². The van der Waals surface area contributed by atoms with Crippen molar-refractivity contribution in [2.24, 2.45) is 11.7 Å². The molecule has 0 bridgehead atoms. The molecule has 1 saturated heterocycles. The fraction of sp³-hybridized carbons (Fsp3) is 0.500. The minimum Gasteiger partial charge on any atom is -0.393 e. The molecule has 1 aromatic rings. The molecule has 0 atom stereocenters. The van der Waals surface area contributed by atoms with Gasteiger partial charge in [-0.1, -0.05) is 31.3 Å². The predicted octanol–water partition coefficient (Wildman–Crippen LogP) is 1.94. The Hall–Kier alpha value is -0.980. The Bertz CT molecular complexity index is 574. The molecule has 0 saturated carbocycles. The number of benzene rings is 1. The second-order valence-corrected chi connectivity index (χ2v) is 7.49. The first-order chi connectivity index (χ1) is 9.45. The van der Waals surface area contributed by atoms with Gasteiger partial charge in [0.05, 0.1) is 9.88 Å². The zero-order chi connectivity index (χ0) is 14.8. The maximum atomic E-state index is 12.5. The van der Waals surface area contributed by atoms with E-state index in [0.717, 1.165) is 12.0 Å². The molecule has 0 aliphatic carbocycles. The third-order valence-corrected chi connectivity index (χ3v) is 6.07. The minimum absolute atomic E-state index is 0.166. The standard InChI is InChI=1S/C14H20N2O2S2/c1-2-11-3-5-13(6-4-11)20(17,18)16-9-7-12(8-10-16)14(15)19/h3-6,12H,2,7-10H2,1H3,(H2,15,19). The highest BCUT2D eigenvalue weighted by molar-refractivity contribution is 7.89. The van der Waals surface area contributed by atoms with Gasteiger partial charge in [0.2, 0.25) is 10.0 Å². The van der Waals surface area contributed by atoms with Crippen LogP contribution in [0.3, 0.4) is 0 Å². The van der Waals surface area contributed by atoms with E-state index in [9.17, 15) is 8.42 Å². The van der Waals surface area contributed by atoms with Gasteiger partial charge in [0.25, 0.3) is 0 Å². The lowest BCUT2D eigenvalue weighted by atomic mass is 9.98. The first-order valence-electron chi connectivity index (χ1n) is 6.83. The summed E-state index contributed by atoms with van der Waals surface area (Å²) in [7, 11) is -3.39. The molecule has 1 fully saturated rings. The molecule has 0 aromatic heterocycles. The molecule has 1 aromatic carbocycles. The van der Waals surface area contributed by atoms with E-state index >= 15 is 0 Å². The summed E-state index contributed by atoms with van der Waals surface area (Å²) < 4.78 is 26.6. The summed E-state index contributed by atoms with van der Waals surface area (Å²) >= 11 is 4.98. The van der Waals surface area contributed by atoms with Crippen LogP contribution in [0.2, 0.25) is 0 Å². The van der Waals surface area contributed by atoms with Crippen molar-refractivity contribution in [1.82, 2.24) is 4.31 Å². The molecule has 2 N–H and O–H groups in total. The Morgan fingerprint density at radius 3 is 2.30 bits per heavy atom. The van der Waals surface area contributed by atoms with Crippen LogP contribution in [0.4, 0.5) is 0 Å². The maximum absolute atomic E-state index is 12.5. The van der Waals surface area contributed by atoms with Gasteiger partial charge in [-0.3, -0.25) is 0 Å². The van der Waals surface area contributed by atoms with Gasteiger partial charge in [0.1, 0.15) is 0 Å². The van der Waals surface area contributed by atoms with E-state index in [1.165, 1.54) is 4.31 Å². The first kappa shape index (κ1) is 15.4. The summed E-state index contributed by atoms with van der Waals surface area (Å²) in [6, 6.07) is 7.12. The normalized spacial score (nSPS) is 18.1. The van der Waals surface area contributed by atoms with Crippen LogP contribution in [0.25, 0.3) is 0 Å². The number of thiocarbonyl (C=S) groups is 1. The Labute approximate surface area is 126 Å². The summed E-state index contributed by atoms with van der Waals surface area (Å²) in [5, 5.41) is 0. The molecule has 0 unspecified atom stereocenters. The quantitative estimate of drug-likeness (QED) is 0.863. The highest BCUT2D eigenvalue weighted by Gasteiger charge is 2.30. The lowest BCUT2D eigenvalue weighted by Crippen LogP contribution is -2.41. The van der Waals surface area contributed by atoms with Crippen molar-refractivity contribution in [2.75, 3.05) is 13.1 Å². The molecule has 1 heterocycles. The molecular weight excluding hydrogens is 292 g/mol. The maximum Gasteiger partial charge on any atom is 0.243 e. The highest BCUT2D eigenvalue weighted by atomic mass is 32.2. The Morgan fingerprint density at radius 2 is 1.85 bits per heavy atom. The fourth-order valence-electron chi connectivity index (χ4n) is 2.43. The number of hydrogen-bond acceptors (Lipinski definition) is 3. The Morgan fingerprint density at radius 1 is 1.30 bits per heavy atom. The van der Waals surface area contributed by atoms with Crippen LogP contribution in [0.1, 0.15) is 25.3 Å². The van der Waals surface area contributed by atoms with E-state index < -0.39 is 10.0 Å². The van der Waals surface area contributed by atoms with Crippen LogP contribution in [0, 0.1) is 5.92 Å². The number of rotatable bonds is 4. The van der Waals surface area contributed by atoms with Gasteiger partial charge in [-0.2, -0.15) is 4.31 Å². The van der Waals surface area contributed by atoms with Gasteiger partial charge < -0.3 is 5.73 Å². The molecule has 0 amide bonds. The van der Waals surface area contributed by atoms with Crippen LogP contribution in [0.15, 0.2) is 29.2 Å². The molecule has 0 spiro atoms. The van der Waals surface area contributed by atoms with Crippen molar-refractivity contribution < 1.29 is 8.42 Å². The van der Waals surface area contributed by atoms with Crippen LogP contribution in [-0.2, 0) is 16.4 Å². The van der Waals surface area contributed by atoms with E-state index in [-0.39, 0.29) is 5.92 Å². The average molecular weight is 312 g/mol. The largest absolute Gasteiger partial charge is 0.393 e. The van der Waals surface area contributed by atoms with Crippen molar-refractivity contribution in [3.63, 3.8) is 0 Å². The first-order valence-corrected chi connectivity index (χ1v) is 8.68. The number of aryl methyl sites for hydroxylation is 1. The number of nitrogens with zero attached hydrogens (tertiary/aromatic N) is 1. The number of hydrogen-bond donors (Lipinski definition) is 1. The summed E-state index contributed by atoms with van der Waals surface area (Å²) in [5.41, 5.74) is 6.76. The topological polar surface area (TPSA) is 63.4 Å². The van der Waals surface area contributed by atoms with E-state index in [1.807, 2.05) is 19.1 Å². The second kappa shape index (κ2) is 6.20. The third-order valence-electron chi connectivity index (χ3n) is 3.83. The molecule has 4 nitrogen and oxygen atoms in total. The molecule has 1 aliphatic rings. The van der Waals surface area contributed by atoms with Crippen molar-refractivity contribution >= 4 is 27.2 Å². The van der Waals surface area contributed by atoms with Gasteiger partial charge in [-0.05, 0) is 37.0 Å². The van der Waals surface area contributed by atoms with Gasteiger partial charge in [-0.25, -0.2) is 8.42 Å². The molecule has 1 aliphatic heterocycles. The zero-order valence-electron chi connectivity index (χ0n) is 11.6. The van der Waals surface area contributed by atoms with Crippen LogP contribution >= 0.6 is 12.2 Å². The van der Waals surface area contributed by atoms with Gasteiger partial charge in [0.15, 0.2) is 0 Å². The lowest BCUT2D eigenvalue weighted by Gasteiger charge is -2.30. The predicted molar refractivity (Wildman–Crippen MR) is 84.1 cm³/mol. The summed E-state index contributed by atoms with van der Waals surface area (Å²) in [6.45, 7) is 3.02. The van der Waals surface area contributed by atoms with Crippen molar-refractivity contribution in [3.05, 3.63) is 29.8 Å². The summed E-state index contributed by atoms with van der Waals surface area (Å²) in [4.78, 5) is 0.859. The van der Waals surface area contributed by atoms with Crippen LogP contribution in [0.5, 0.6) is 0 Å². The number of piperidine rings is 1. The monoisotopic (exact) mass is 312 g/mol. The van der Waals surface area contributed by atoms with Gasteiger partial charge in [-0.15, -0.1) is 0 Å². The average Bonchev–Trinajstić information content (AvgIpc) is 2.47. The van der Waals surface area contributed by atoms with Gasteiger partial charge >= 0.3 is 0 Å². The molecule has 110 valence electrons. The number of nitrogens with two attached hydrogens (primary N) is 1. The Kier molecular flexibility index (Phi) is 4.78. The molecule has 20 heavy (non-hydrogen) atoms. The summed E-state index contributed by atoms with van der Waals surface area (Å²) in [5.74, 6) is 0.166. The highest BCUT2D eigenvalue weighted by Crippen LogP contribution is 2.24.